The van der Waals surface area contributed by atoms with Gasteiger partial charge in [0.15, 0.2) is 11.5 Å². The predicted molar refractivity (Wildman–Crippen MR) is 144 cm³/mol. The lowest BCUT2D eigenvalue weighted by Gasteiger charge is -2.26. The summed E-state index contributed by atoms with van der Waals surface area (Å²) in [7, 11) is 1.52. The number of methoxy groups -OCH3 is 1. The van der Waals surface area contributed by atoms with Gasteiger partial charge in [-0.15, -0.1) is 0 Å². The highest BCUT2D eigenvalue weighted by molar-refractivity contribution is 9.10. The van der Waals surface area contributed by atoms with E-state index in [9.17, 15) is 14.4 Å². The van der Waals surface area contributed by atoms with Crippen LogP contribution in [0.2, 0.25) is 0 Å². The minimum Gasteiger partial charge on any atom is -0.493 e. The number of urea groups is 1. The van der Waals surface area contributed by atoms with E-state index >= 15 is 0 Å². The maximum atomic E-state index is 13.1. The number of anilines is 1. The maximum absolute atomic E-state index is 13.1. The Kier molecular flexibility index (Phi) is 6.74. The Labute approximate surface area is 221 Å². The normalized spacial score (nSPS) is 14.7. The molecule has 1 fully saturated rings. The van der Waals surface area contributed by atoms with E-state index in [2.05, 4.69) is 45.5 Å². The second-order valence-corrected chi connectivity index (χ2v) is 9.23. The number of carbonyl (C=O) groups is 3. The molecular weight excluding hydrogens is 536 g/mol. The van der Waals surface area contributed by atoms with Gasteiger partial charge >= 0.3 is 6.03 Å². The third kappa shape index (κ3) is 5.10. The summed E-state index contributed by atoms with van der Waals surface area (Å²) in [6.07, 6.45) is 1.42. The largest absolute Gasteiger partial charge is 0.493 e. The van der Waals surface area contributed by atoms with Crippen molar-refractivity contribution in [3.8, 4) is 11.5 Å². The lowest BCUT2D eigenvalue weighted by molar-refractivity contribution is -0.122. The van der Waals surface area contributed by atoms with Crippen molar-refractivity contribution in [1.82, 2.24) is 5.32 Å². The zero-order valence-electron chi connectivity index (χ0n) is 19.7. The van der Waals surface area contributed by atoms with Gasteiger partial charge in [0.05, 0.1) is 12.8 Å². The van der Waals surface area contributed by atoms with Gasteiger partial charge in [-0.05, 0) is 70.4 Å². The summed E-state index contributed by atoms with van der Waals surface area (Å²) in [5.74, 6) is -0.519. The van der Waals surface area contributed by atoms with E-state index in [0.29, 0.717) is 29.4 Å². The maximum Gasteiger partial charge on any atom is 0.335 e. The molecule has 1 heterocycles. The summed E-state index contributed by atoms with van der Waals surface area (Å²) in [6, 6.07) is 25.2. The first-order valence-corrected chi connectivity index (χ1v) is 12.2. The van der Waals surface area contributed by atoms with Gasteiger partial charge in [-0.3, -0.25) is 14.9 Å². The van der Waals surface area contributed by atoms with Crippen LogP contribution >= 0.6 is 15.9 Å². The van der Waals surface area contributed by atoms with Gasteiger partial charge in [0, 0.05) is 4.47 Å². The van der Waals surface area contributed by atoms with Crippen LogP contribution in [-0.2, 0) is 16.2 Å². The number of hydrogen-bond donors (Lipinski definition) is 1. The van der Waals surface area contributed by atoms with E-state index < -0.39 is 17.8 Å². The molecule has 0 saturated carbocycles. The Hall–Kier alpha value is -4.43. The number of imide groups is 2. The molecule has 0 bridgehead atoms. The van der Waals surface area contributed by atoms with Crippen LogP contribution in [0.1, 0.15) is 11.1 Å². The highest BCUT2D eigenvalue weighted by Crippen LogP contribution is 2.31. The SMILES string of the molecule is COc1cc(/C=C2\C(=O)NC(=O)N(c3ccc(Br)cc3)C2=O)ccc1OCc1ccc2ccccc2c1. The molecule has 1 aliphatic heterocycles. The molecule has 0 atom stereocenters. The van der Waals surface area contributed by atoms with Crippen LogP contribution in [-0.4, -0.2) is 25.0 Å². The zero-order valence-corrected chi connectivity index (χ0v) is 21.3. The number of ether oxygens (including phenoxy) is 2. The lowest BCUT2D eigenvalue weighted by Crippen LogP contribution is -2.54. The van der Waals surface area contributed by atoms with Crippen LogP contribution < -0.4 is 19.7 Å². The second-order valence-electron chi connectivity index (χ2n) is 8.31. The Balaban J connectivity index is 1.38. The minimum absolute atomic E-state index is 0.172. The lowest BCUT2D eigenvalue weighted by atomic mass is 10.1. The molecule has 0 spiro atoms. The van der Waals surface area contributed by atoms with Crippen molar-refractivity contribution in [3.05, 3.63) is 106 Å². The van der Waals surface area contributed by atoms with Crippen molar-refractivity contribution >= 4 is 56.3 Å². The molecule has 4 aromatic rings. The average Bonchev–Trinajstić information content (AvgIpc) is 2.91. The van der Waals surface area contributed by atoms with E-state index in [1.807, 2.05) is 18.2 Å². The second kappa shape index (κ2) is 10.3. The summed E-state index contributed by atoms with van der Waals surface area (Å²) in [5, 5.41) is 4.51. The summed E-state index contributed by atoms with van der Waals surface area (Å²) in [6.45, 7) is 0.340. The Morgan fingerprint density at radius 3 is 2.38 bits per heavy atom. The summed E-state index contributed by atoms with van der Waals surface area (Å²) in [4.78, 5) is 39.0. The quantitative estimate of drug-likeness (QED) is 0.237. The number of nitrogens with zero attached hydrogens (tertiary/aromatic N) is 1. The van der Waals surface area contributed by atoms with Gasteiger partial charge < -0.3 is 9.47 Å². The molecule has 4 amide bonds. The van der Waals surface area contributed by atoms with Crippen molar-refractivity contribution in [2.75, 3.05) is 12.0 Å². The van der Waals surface area contributed by atoms with Crippen molar-refractivity contribution in [2.24, 2.45) is 0 Å². The number of barbiturate groups is 1. The van der Waals surface area contributed by atoms with Gasteiger partial charge in [0.25, 0.3) is 11.8 Å². The molecule has 1 N–H and O–H groups in total. The summed E-state index contributed by atoms with van der Waals surface area (Å²) >= 11 is 3.33. The fourth-order valence-electron chi connectivity index (χ4n) is 4.03. The highest BCUT2D eigenvalue weighted by Gasteiger charge is 2.36. The summed E-state index contributed by atoms with van der Waals surface area (Å²) in [5.41, 5.74) is 1.72. The highest BCUT2D eigenvalue weighted by atomic mass is 79.9. The van der Waals surface area contributed by atoms with Crippen molar-refractivity contribution in [3.63, 3.8) is 0 Å². The van der Waals surface area contributed by atoms with Crippen LogP contribution in [0, 0.1) is 0 Å². The number of hydrogen-bond acceptors (Lipinski definition) is 5. The van der Waals surface area contributed by atoms with Crippen LogP contribution in [0.5, 0.6) is 11.5 Å². The molecule has 0 unspecified atom stereocenters. The zero-order chi connectivity index (χ0) is 25.9. The van der Waals surface area contributed by atoms with Gasteiger partial charge in [0.1, 0.15) is 12.2 Å². The Morgan fingerprint density at radius 2 is 1.62 bits per heavy atom. The van der Waals surface area contributed by atoms with Gasteiger partial charge in [0.2, 0.25) is 0 Å². The number of carbonyl (C=O) groups excluding carboxylic acids is 3. The van der Waals surface area contributed by atoms with Gasteiger partial charge in [-0.25, -0.2) is 9.69 Å². The molecule has 0 aromatic heterocycles. The predicted octanol–water partition coefficient (Wildman–Crippen LogP) is 5.86. The number of benzene rings is 4. The molecule has 5 rings (SSSR count). The number of fused-ring (bicyclic) bond motifs is 1. The molecule has 184 valence electrons. The third-order valence-corrected chi connectivity index (χ3v) is 6.42. The van der Waals surface area contributed by atoms with Crippen molar-refractivity contribution in [1.29, 1.82) is 0 Å². The van der Waals surface area contributed by atoms with Gasteiger partial charge in [-0.2, -0.15) is 0 Å². The molecule has 7 nitrogen and oxygen atoms in total. The van der Waals surface area contributed by atoms with Crippen LogP contribution in [0.4, 0.5) is 10.5 Å². The van der Waals surface area contributed by atoms with E-state index in [4.69, 9.17) is 9.47 Å². The number of halogens is 1. The smallest absolute Gasteiger partial charge is 0.335 e. The minimum atomic E-state index is -0.801. The molecule has 37 heavy (non-hydrogen) atoms. The van der Waals surface area contributed by atoms with Crippen LogP contribution in [0.3, 0.4) is 0 Å². The Morgan fingerprint density at radius 1 is 0.865 bits per heavy atom. The molecular formula is C29H21BrN2O5. The molecule has 0 radical (unpaired) electrons. The molecule has 4 aromatic carbocycles. The molecule has 1 aliphatic rings. The van der Waals surface area contributed by atoms with Gasteiger partial charge in [-0.1, -0.05) is 58.4 Å². The average molecular weight is 557 g/mol. The fraction of sp³-hybridized carbons (Fsp3) is 0.0690. The molecule has 1 saturated heterocycles. The summed E-state index contributed by atoms with van der Waals surface area (Å²) < 4.78 is 12.3. The van der Waals surface area contributed by atoms with E-state index in [-0.39, 0.29) is 5.57 Å². The van der Waals surface area contributed by atoms with Crippen LogP contribution in [0.25, 0.3) is 16.8 Å². The Bertz CT molecular complexity index is 1560. The first-order chi connectivity index (χ1) is 17.9. The van der Waals surface area contributed by atoms with E-state index in [1.54, 1.807) is 42.5 Å². The first kappa shape index (κ1) is 24.3. The number of nitrogens with one attached hydrogen (secondary N) is 1. The standard InChI is InChI=1S/C29H21BrN2O5/c1-36-26-16-18(7-13-25(26)37-17-19-6-8-20-4-2-3-5-21(20)14-19)15-24-27(33)31-29(35)32(28(24)34)23-11-9-22(30)10-12-23/h2-16H,17H2,1H3,(H,31,33,35)/b24-15+. The topological polar surface area (TPSA) is 84.9 Å². The number of rotatable bonds is 6. The third-order valence-electron chi connectivity index (χ3n) is 5.89. The first-order valence-electron chi connectivity index (χ1n) is 11.4. The molecule has 0 aliphatic carbocycles. The van der Waals surface area contributed by atoms with E-state index in [0.717, 1.165) is 25.7 Å². The monoisotopic (exact) mass is 556 g/mol. The van der Waals surface area contributed by atoms with Crippen LogP contribution in [0.15, 0.2) is 95.0 Å². The van der Waals surface area contributed by atoms with E-state index in [1.165, 1.54) is 13.2 Å². The molecule has 8 heteroatoms. The fourth-order valence-corrected chi connectivity index (χ4v) is 4.30. The van der Waals surface area contributed by atoms with Crippen molar-refractivity contribution < 1.29 is 23.9 Å². The number of amides is 4. The van der Waals surface area contributed by atoms with Crippen molar-refractivity contribution in [2.45, 2.75) is 6.61 Å².